The van der Waals surface area contributed by atoms with Gasteiger partial charge in [0.25, 0.3) is 0 Å². The molecule has 0 aliphatic carbocycles. The number of aromatic carboxylic acids is 1. The van der Waals surface area contributed by atoms with Crippen LogP contribution in [0.3, 0.4) is 0 Å². The summed E-state index contributed by atoms with van der Waals surface area (Å²) in [6, 6.07) is 3.99. The molecule has 1 aromatic heterocycles. The SMILES string of the molecule is CCCc1c(C)n(CC)c2c(C(=O)O)c(C)ccc12. The summed E-state index contributed by atoms with van der Waals surface area (Å²) in [6.07, 6.45) is 2.07. The molecular weight excluding hydrogens is 238 g/mol. The van der Waals surface area contributed by atoms with Gasteiger partial charge in [0.15, 0.2) is 0 Å². The van der Waals surface area contributed by atoms with Crippen LogP contribution in [-0.4, -0.2) is 15.6 Å². The second-order valence-corrected chi connectivity index (χ2v) is 5.02. The zero-order valence-electron chi connectivity index (χ0n) is 12.1. The first-order valence-corrected chi connectivity index (χ1v) is 6.87. The van der Waals surface area contributed by atoms with Gasteiger partial charge in [0.05, 0.1) is 11.1 Å². The fraction of sp³-hybridized carbons (Fsp3) is 0.438. The zero-order valence-corrected chi connectivity index (χ0v) is 12.1. The number of hydrogen-bond donors (Lipinski definition) is 1. The molecule has 2 rings (SSSR count). The second-order valence-electron chi connectivity index (χ2n) is 5.02. The number of fused-ring (bicyclic) bond motifs is 1. The quantitative estimate of drug-likeness (QED) is 0.904. The summed E-state index contributed by atoms with van der Waals surface area (Å²) >= 11 is 0. The van der Waals surface area contributed by atoms with E-state index >= 15 is 0 Å². The maximum atomic E-state index is 11.6. The number of carbonyl (C=O) groups is 1. The molecule has 1 aromatic carbocycles. The van der Waals surface area contributed by atoms with Crippen LogP contribution >= 0.6 is 0 Å². The van der Waals surface area contributed by atoms with Gasteiger partial charge in [-0.05, 0) is 38.3 Å². The molecule has 19 heavy (non-hydrogen) atoms. The van der Waals surface area contributed by atoms with Crippen molar-refractivity contribution in [3.63, 3.8) is 0 Å². The van der Waals surface area contributed by atoms with E-state index in [1.165, 1.54) is 11.3 Å². The van der Waals surface area contributed by atoms with Gasteiger partial charge in [0.2, 0.25) is 0 Å². The van der Waals surface area contributed by atoms with E-state index in [-0.39, 0.29) is 0 Å². The van der Waals surface area contributed by atoms with E-state index in [4.69, 9.17) is 0 Å². The van der Waals surface area contributed by atoms with E-state index in [1.54, 1.807) is 0 Å². The largest absolute Gasteiger partial charge is 0.478 e. The van der Waals surface area contributed by atoms with Crippen LogP contribution < -0.4 is 0 Å². The van der Waals surface area contributed by atoms with Gasteiger partial charge in [0.1, 0.15) is 0 Å². The molecule has 2 aromatic rings. The number of aryl methyl sites for hydroxylation is 3. The molecule has 0 unspecified atom stereocenters. The van der Waals surface area contributed by atoms with E-state index in [0.29, 0.717) is 5.56 Å². The summed E-state index contributed by atoms with van der Waals surface area (Å²) in [5, 5.41) is 10.6. The summed E-state index contributed by atoms with van der Waals surface area (Å²) in [7, 11) is 0. The van der Waals surface area contributed by atoms with Gasteiger partial charge >= 0.3 is 5.97 Å². The maximum absolute atomic E-state index is 11.6. The fourth-order valence-corrected chi connectivity index (χ4v) is 2.97. The van der Waals surface area contributed by atoms with Crippen molar-refractivity contribution in [1.29, 1.82) is 0 Å². The van der Waals surface area contributed by atoms with Crippen LogP contribution in [0, 0.1) is 13.8 Å². The molecule has 0 bridgehead atoms. The third-order valence-electron chi connectivity index (χ3n) is 3.85. The van der Waals surface area contributed by atoms with Gasteiger partial charge in [0, 0.05) is 17.6 Å². The lowest BCUT2D eigenvalue weighted by Gasteiger charge is -2.08. The third kappa shape index (κ3) is 2.03. The number of nitrogens with zero attached hydrogens (tertiary/aromatic N) is 1. The average Bonchev–Trinajstić information content (AvgIpc) is 2.62. The number of rotatable bonds is 4. The lowest BCUT2D eigenvalue weighted by molar-refractivity contribution is 0.0698. The van der Waals surface area contributed by atoms with Gasteiger partial charge in [-0.15, -0.1) is 0 Å². The summed E-state index contributed by atoms with van der Waals surface area (Å²) in [5.74, 6) is -0.835. The number of hydrogen-bond acceptors (Lipinski definition) is 1. The Morgan fingerprint density at radius 1 is 1.26 bits per heavy atom. The third-order valence-corrected chi connectivity index (χ3v) is 3.85. The highest BCUT2D eigenvalue weighted by molar-refractivity contribution is 6.05. The Morgan fingerprint density at radius 3 is 2.47 bits per heavy atom. The molecule has 0 amide bonds. The van der Waals surface area contributed by atoms with E-state index in [9.17, 15) is 9.90 Å². The standard InChI is InChI=1S/C16H21NO2/c1-5-7-12-11(4)17(6-2)15-13(12)9-8-10(3)14(15)16(18)19/h8-9H,5-7H2,1-4H3,(H,18,19). The van der Waals surface area contributed by atoms with E-state index in [1.807, 2.05) is 13.0 Å². The van der Waals surface area contributed by atoms with Crippen LogP contribution in [0.1, 0.15) is 47.4 Å². The minimum Gasteiger partial charge on any atom is -0.478 e. The van der Waals surface area contributed by atoms with Crippen molar-refractivity contribution in [2.45, 2.75) is 47.1 Å². The van der Waals surface area contributed by atoms with E-state index < -0.39 is 5.97 Å². The molecule has 0 saturated heterocycles. The summed E-state index contributed by atoms with van der Waals surface area (Å²) in [5.41, 5.74) is 4.66. The Hall–Kier alpha value is -1.77. The van der Waals surface area contributed by atoms with Gasteiger partial charge in [-0.3, -0.25) is 0 Å². The second kappa shape index (κ2) is 5.08. The Morgan fingerprint density at radius 2 is 1.95 bits per heavy atom. The van der Waals surface area contributed by atoms with E-state index in [2.05, 4.69) is 31.4 Å². The molecule has 0 fully saturated rings. The molecule has 3 heteroatoms. The van der Waals surface area contributed by atoms with Crippen LogP contribution in [-0.2, 0) is 13.0 Å². The lowest BCUT2D eigenvalue weighted by atomic mass is 10.0. The van der Waals surface area contributed by atoms with Crippen LogP contribution in [0.5, 0.6) is 0 Å². The van der Waals surface area contributed by atoms with Crippen molar-refractivity contribution >= 4 is 16.9 Å². The smallest absolute Gasteiger partial charge is 0.338 e. The molecule has 1 heterocycles. The number of carboxylic acids is 1. The minimum atomic E-state index is -0.835. The van der Waals surface area contributed by atoms with Gasteiger partial charge < -0.3 is 9.67 Å². The van der Waals surface area contributed by atoms with Gasteiger partial charge in [-0.25, -0.2) is 4.79 Å². The predicted octanol–water partition coefficient (Wildman–Crippen LogP) is 3.93. The molecule has 1 N–H and O–H groups in total. The Labute approximate surface area is 113 Å². The minimum absolute atomic E-state index is 0.449. The van der Waals surface area contributed by atoms with Crippen molar-refractivity contribution < 1.29 is 9.90 Å². The number of carboxylic acid groups (broad SMARTS) is 1. The van der Waals surface area contributed by atoms with Gasteiger partial charge in [-0.2, -0.15) is 0 Å². The molecule has 102 valence electrons. The Bertz CT molecular complexity index is 638. The molecule has 3 nitrogen and oxygen atoms in total. The first-order valence-electron chi connectivity index (χ1n) is 6.87. The molecule has 0 aliphatic heterocycles. The first-order chi connectivity index (χ1) is 9.02. The van der Waals surface area contributed by atoms with Crippen molar-refractivity contribution in [2.24, 2.45) is 0 Å². The van der Waals surface area contributed by atoms with Crippen LogP contribution in [0.2, 0.25) is 0 Å². The molecule has 0 aliphatic rings. The molecule has 0 radical (unpaired) electrons. The first kappa shape index (κ1) is 13.7. The summed E-state index contributed by atoms with van der Waals surface area (Å²) in [6.45, 7) is 8.98. The maximum Gasteiger partial charge on any atom is 0.338 e. The highest BCUT2D eigenvalue weighted by Gasteiger charge is 2.20. The zero-order chi connectivity index (χ0) is 14.2. The molecular formula is C16H21NO2. The summed E-state index contributed by atoms with van der Waals surface area (Å²) in [4.78, 5) is 11.6. The number of benzene rings is 1. The predicted molar refractivity (Wildman–Crippen MR) is 78.0 cm³/mol. The fourth-order valence-electron chi connectivity index (χ4n) is 2.97. The van der Waals surface area contributed by atoms with Crippen LogP contribution in [0.25, 0.3) is 10.9 Å². The van der Waals surface area contributed by atoms with Crippen molar-refractivity contribution in [3.8, 4) is 0 Å². The van der Waals surface area contributed by atoms with Gasteiger partial charge in [-0.1, -0.05) is 25.5 Å². The number of aromatic nitrogens is 1. The van der Waals surface area contributed by atoms with E-state index in [0.717, 1.165) is 35.9 Å². The summed E-state index contributed by atoms with van der Waals surface area (Å²) < 4.78 is 2.14. The van der Waals surface area contributed by atoms with Crippen molar-refractivity contribution in [3.05, 3.63) is 34.5 Å². The molecule has 0 spiro atoms. The van der Waals surface area contributed by atoms with Crippen LogP contribution in [0.4, 0.5) is 0 Å². The van der Waals surface area contributed by atoms with Crippen LogP contribution in [0.15, 0.2) is 12.1 Å². The normalized spacial score (nSPS) is 11.2. The van der Waals surface area contributed by atoms with Crippen molar-refractivity contribution in [2.75, 3.05) is 0 Å². The highest BCUT2D eigenvalue weighted by Crippen LogP contribution is 2.31. The Balaban J connectivity index is 2.93. The monoisotopic (exact) mass is 259 g/mol. The average molecular weight is 259 g/mol. The lowest BCUT2D eigenvalue weighted by Crippen LogP contribution is -2.05. The topological polar surface area (TPSA) is 42.2 Å². The Kier molecular flexibility index (Phi) is 3.65. The molecule has 0 saturated carbocycles. The highest BCUT2D eigenvalue weighted by atomic mass is 16.4. The molecule has 0 atom stereocenters. The van der Waals surface area contributed by atoms with Crippen molar-refractivity contribution in [1.82, 2.24) is 4.57 Å².